The first kappa shape index (κ1) is 16.4. The number of cyclic esters (lactones) is 1. The van der Waals surface area contributed by atoms with Gasteiger partial charge in [0, 0.05) is 24.0 Å². The van der Waals surface area contributed by atoms with Crippen molar-refractivity contribution in [3.63, 3.8) is 0 Å². The van der Waals surface area contributed by atoms with Crippen LogP contribution in [0.2, 0.25) is 0 Å². The number of ether oxygens (including phenoxy) is 1. The third kappa shape index (κ3) is 3.73. The van der Waals surface area contributed by atoms with E-state index in [4.69, 9.17) is 4.74 Å². The predicted molar refractivity (Wildman–Crippen MR) is 92.2 cm³/mol. The summed E-state index contributed by atoms with van der Waals surface area (Å²) >= 11 is 1.62. The molecule has 2 amide bonds. The van der Waals surface area contributed by atoms with Crippen LogP contribution in [0.15, 0.2) is 29.0 Å². The fourth-order valence-corrected chi connectivity index (χ4v) is 3.22. The van der Waals surface area contributed by atoms with Crippen molar-refractivity contribution in [3.05, 3.63) is 40.2 Å². The van der Waals surface area contributed by atoms with E-state index in [2.05, 4.69) is 10.3 Å². The minimum atomic E-state index is -0.273. The Hall–Kier alpha value is -2.41. The van der Waals surface area contributed by atoms with Crippen LogP contribution in [0.3, 0.4) is 0 Å². The third-order valence-corrected chi connectivity index (χ3v) is 4.57. The highest BCUT2D eigenvalue weighted by Gasteiger charge is 2.21. The van der Waals surface area contributed by atoms with E-state index in [0.717, 1.165) is 11.3 Å². The molecule has 1 fully saturated rings. The molecular weight excluding hydrogens is 326 g/mol. The SMILES string of the molecule is Cc1nc(-c2ccsc2)ccc1C(=O)NCCCN1CCOC1=O. The maximum absolute atomic E-state index is 12.3. The van der Waals surface area contributed by atoms with Gasteiger partial charge in [0.2, 0.25) is 0 Å². The highest BCUT2D eigenvalue weighted by atomic mass is 32.1. The number of pyridine rings is 1. The topological polar surface area (TPSA) is 71.5 Å². The van der Waals surface area contributed by atoms with Gasteiger partial charge in [-0.05, 0) is 36.9 Å². The number of carbonyl (C=O) groups is 2. The average Bonchev–Trinajstić information content (AvgIpc) is 3.23. The highest BCUT2D eigenvalue weighted by Crippen LogP contribution is 2.21. The molecular formula is C17H19N3O3S. The van der Waals surface area contributed by atoms with Crippen LogP contribution in [0.4, 0.5) is 4.79 Å². The van der Waals surface area contributed by atoms with Crippen molar-refractivity contribution < 1.29 is 14.3 Å². The van der Waals surface area contributed by atoms with Crippen LogP contribution in [0.5, 0.6) is 0 Å². The summed E-state index contributed by atoms with van der Waals surface area (Å²) in [4.78, 5) is 29.7. The van der Waals surface area contributed by atoms with Gasteiger partial charge in [-0.2, -0.15) is 11.3 Å². The Morgan fingerprint density at radius 3 is 2.96 bits per heavy atom. The number of nitrogens with one attached hydrogen (secondary N) is 1. The molecule has 2 aromatic rings. The van der Waals surface area contributed by atoms with Crippen molar-refractivity contribution in [2.45, 2.75) is 13.3 Å². The minimum absolute atomic E-state index is 0.138. The number of aryl methyl sites for hydroxylation is 1. The Morgan fingerprint density at radius 1 is 1.42 bits per heavy atom. The molecule has 0 bridgehead atoms. The van der Waals surface area contributed by atoms with Crippen molar-refractivity contribution in [3.8, 4) is 11.3 Å². The summed E-state index contributed by atoms with van der Waals surface area (Å²) in [7, 11) is 0. The minimum Gasteiger partial charge on any atom is -0.448 e. The molecule has 3 heterocycles. The number of thiophene rings is 1. The van der Waals surface area contributed by atoms with Crippen LogP contribution in [0.1, 0.15) is 22.5 Å². The smallest absolute Gasteiger partial charge is 0.409 e. The Kier molecular flexibility index (Phi) is 5.10. The maximum atomic E-state index is 12.3. The van der Waals surface area contributed by atoms with Gasteiger partial charge in [-0.25, -0.2) is 4.79 Å². The van der Waals surface area contributed by atoms with E-state index < -0.39 is 0 Å². The predicted octanol–water partition coefficient (Wildman–Crippen LogP) is 2.69. The van der Waals surface area contributed by atoms with E-state index in [0.29, 0.717) is 43.9 Å². The molecule has 0 saturated carbocycles. The molecule has 0 unspecified atom stereocenters. The molecule has 1 saturated heterocycles. The molecule has 1 aliphatic heterocycles. The first-order valence-corrected chi connectivity index (χ1v) is 8.79. The monoisotopic (exact) mass is 345 g/mol. The molecule has 6 nitrogen and oxygen atoms in total. The summed E-state index contributed by atoms with van der Waals surface area (Å²) in [6.07, 6.45) is 0.422. The summed E-state index contributed by atoms with van der Waals surface area (Å²) in [6.45, 7) is 4.01. The first-order valence-electron chi connectivity index (χ1n) is 7.85. The fourth-order valence-electron chi connectivity index (χ4n) is 2.57. The Balaban J connectivity index is 1.52. The van der Waals surface area contributed by atoms with E-state index in [1.54, 1.807) is 16.2 Å². The van der Waals surface area contributed by atoms with Gasteiger partial charge in [-0.1, -0.05) is 0 Å². The second kappa shape index (κ2) is 7.44. The average molecular weight is 345 g/mol. The third-order valence-electron chi connectivity index (χ3n) is 3.88. The number of amides is 2. The van der Waals surface area contributed by atoms with Gasteiger partial charge in [0.15, 0.2) is 0 Å². The number of rotatable bonds is 6. The number of hydrogen-bond donors (Lipinski definition) is 1. The largest absolute Gasteiger partial charge is 0.448 e. The van der Waals surface area contributed by atoms with Crippen molar-refractivity contribution in [2.24, 2.45) is 0 Å². The van der Waals surface area contributed by atoms with Crippen molar-refractivity contribution in [2.75, 3.05) is 26.2 Å². The van der Waals surface area contributed by atoms with E-state index >= 15 is 0 Å². The van der Waals surface area contributed by atoms with Crippen LogP contribution in [0.25, 0.3) is 11.3 Å². The van der Waals surface area contributed by atoms with Gasteiger partial charge in [-0.3, -0.25) is 9.78 Å². The quantitative estimate of drug-likeness (QED) is 0.817. The summed E-state index contributed by atoms with van der Waals surface area (Å²) in [5, 5.41) is 6.91. The number of aromatic nitrogens is 1. The van der Waals surface area contributed by atoms with E-state index in [1.807, 2.05) is 35.9 Å². The fraction of sp³-hybridized carbons (Fsp3) is 0.353. The molecule has 0 aromatic carbocycles. The van der Waals surface area contributed by atoms with Crippen LogP contribution in [0, 0.1) is 6.92 Å². The van der Waals surface area contributed by atoms with E-state index in [1.165, 1.54) is 0 Å². The van der Waals surface area contributed by atoms with Crippen molar-refractivity contribution in [1.29, 1.82) is 0 Å². The lowest BCUT2D eigenvalue weighted by Crippen LogP contribution is -2.30. The molecule has 126 valence electrons. The standard InChI is InChI=1S/C17H19N3O3S/c1-12-14(3-4-15(19-12)13-5-10-24-11-13)16(21)18-6-2-7-20-8-9-23-17(20)22/h3-5,10-11H,2,6-9H2,1H3,(H,18,21). The molecule has 24 heavy (non-hydrogen) atoms. The number of nitrogens with zero attached hydrogens (tertiary/aromatic N) is 2. The van der Waals surface area contributed by atoms with Gasteiger partial charge in [0.1, 0.15) is 6.61 Å². The van der Waals surface area contributed by atoms with E-state index in [9.17, 15) is 9.59 Å². The van der Waals surface area contributed by atoms with Crippen molar-refractivity contribution >= 4 is 23.3 Å². The van der Waals surface area contributed by atoms with Crippen molar-refractivity contribution in [1.82, 2.24) is 15.2 Å². The molecule has 2 aromatic heterocycles. The first-order chi connectivity index (χ1) is 11.6. The summed E-state index contributed by atoms with van der Waals surface area (Å²) in [5.74, 6) is -0.138. The summed E-state index contributed by atoms with van der Waals surface area (Å²) < 4.78 is 4.86. The molecule has 0 atom stereocenters. The van der Waals surface area contributed by atoms with Crippen LogP contribution < -0.4 is 5.32 Å². The zero-order valence-electron chi connectivity index (χ0n) is 13.4. The summed E-state index contributed by atoms with van der Waals surface area (Å²) in [5.41, 5.74) is 3.22. The Morgan fingerprint density at radius 2 is 2.29 bits per heavy atom. The second-order valence-electron chi connectivity index (χ2n) is 5.55. The lowest BCUT2D eigenvalue weighted by molar-refractivity contribution is 0.0951. The molecule has 0 spiro atoms. The lowest BCUT2D eigenvalue weighted by atomic mass is 10.1. The molecule has 1 aliphatic rings. The number of carbonyl (C=O) groups excluding carboxylic acids is 2. The molecule has 3 rings (SSSR count). The molecule has 0 radical (unpaired) electrons. The molecule has 0 aliphatic carbocycles. The Labute approximate surface area is 144 Å². The van der Waals surface area contributed by atoms with Crippen LogP contribution in [-0.2, 0) is 4.74 Å². The van der Waals surface area contributed by atoms with Gasteiger partial charge in [0.05, 0.1) is 23.5 Å². The van der Waals surface area contributed by atoms with Gasteiger partial charge in [-0.15, -0.1) is 0 Å². The van der Waals surface area contributed by atoms with Gasteiger partial charge in [0.25, 0.3) is 5.91 Å². The summed E-state index contributed by atoms with van der Waals surface area (Å²) in [6, 6.07) is 5.68. The van der Waals surface area contributed by atoms with E-state index in [-0.39, 0.29) is 12.0 Å². The maximum Gasteiger partial charge on any atom is 0.409 e. The normalized spacial score (nSPS) is 13.9. The molecule has 1 N–H and O–H groups in total. The van der Waals surface area contributed by atoms with Gasteiger partial charge >= 0.3 is 6.09 Å². The van der Waals surface area contributed by atoms with Gasteiger partial charge < -0.3 is 15.0 Å². The van der Waals surface area contributed by atoms with Crippen LogP contribution >= 0.6 is 11.3 Å². The zero-order chi connectivity index (χ0) is 16.9. The number of hydrogen-bond acceptors (Lipinski definition) is 5. The second-order valence-corrected chi connectivity index (χ2v) is 6.33. The molecule has 7 heteroatoms. The van der Waals surface area contributed by atoms with Crippen LogP contribution in [-0.4, -0.2) is 48.1 Å². The zero-order valence-corrected chi connectivity index (χ0v) is 14.3. The highest BCUT2D eigenvalue weighted by molar-refractivity contribution is 7.08. The Bertz CT molecular complexity index is 731. The lowest BCUT2D eigenvalue weighted by Gasteiger charge is -2.13.